The van der Waals surface area contributed by atoms with Crippen LogP contribution in [0, 0.1) is 11.3 Å². The first-order chi connectivity index (χ1) is 3.31. The summed E-state index contributed by atoms with van der Waals surface area (Å²) < 4.78 is 0. The second-order valence-electron chi connectivity index (χ2n) is 1.17. The predicted octanol–water partition coefficient (Wildman–Crippen LogP) is 1.38. The molecule has 0 fully saturated rings. The molecule has 1 atom stereocenters. The van der Waals surface area contributed by atoms with E-state index in [9.17, 15) is 0 Å². The molecule has 0 amide bonds. The molecular formula is C5H7NS. The summed E-state index contributed by atoms with van der Waals surface area (Å²) in [5.41, 5.74) is 0. The van der Waals surface area contributed by atoms with Crippen LogP contribution < -0.4 is 0 Å². The van der Waals surface area contributed by atoms with Crippen LogP contribution in [0.15, 0.2) is 12.7 Å². The van der Waals surface area contributed by atoms with Crippen molar-refractivity contribution in [2.24, 2.45) is 0 Å². The van der Waals surface area contributed by atoms with Crippen molar-refractivity contribution in [3.05, 3.63) is 12.7 Å². The fraction of sp³-hybridized carbons (Fsp3) is 0.400. The molecule has 0 saturated heterocycles. The van der Waals surface area contributed by atoms with E-state index < -0.39 is 0 Å². The summed E-state index contributed by atoms with van der Waals surface area (Å²) in [5.74, 6) is 0. The third-order valence-electron chi connectivity index (χ3n) is 0.539. The lowest BCUT2D eigenvalue weighted by Crippen LogP contribution is -1.87. The van der Waals surface area contributed by atoms with E-state index in [2.05, 4.69) is 19.2 Å². The molecule has 0 heterocycles. The van der Waals surface area contributed by atoms with Gasteiger partial charge in [-0.1, -0.05) is 6.08 Å². The van der Waals surface area contributed by atoms with E-state index in [0.29, 0.717) is 6.42 Å². The number of allylic oxidation sites excluding steroid dienone is 1. The zero-order chi connectivity index (χ0) is 5.70. The predicted molar refractivity (Wildman–Crippen MR) is 33.2 cm³/mol. The van der Waals surface area contributed by atoms with Crippen molar-refractivity contribution >= 4 is 12.6 Å². The van der Waals surface area contributed by atoms with Gasteiger partial charge in [-0.15, -0.1) is 6.58 Å². The highest BCUT2D eigenvalue weighted by molar-refractivity contribution is 7.81. The Kier molecular flexibility index (Phi) is 3.53. The maximum Gasteiger partial charge on any atom is 0.0921 e. The van der Waals surface area contributed by atoms with Gasteiger partial charge in [-0.3, -0.25) is 0 Å². The van der Waals surface area contributed by atoms with Gasteiger partial charge >= 0.3 is 0 Å². The Morgan fingerprint density at radius 1 is 2.00 bits per heavy atom. The molecular weight excluding hydrogens is 106 g/mol. The van der Waals surface area contributed by atoms with Crippen molar-refractivity contribution in [3.8, 4) is 6.07 Å². The summed E-state index contributed by atoms with van der Waals surface area (Å²) in [6.07, 6.45) is 2.35. The molecule has 0 aromatic heterocycles. The highest BCUT2D eigenvalue weighted by Crippen LogP contribution is 1.97. The Bertz CT molecular complexity index is 92.7. The SMILES string of the molecule is C=CCC(S)C#N. The average Bonchev–Trinajstić information content (AvgIpc) is 1.68. The van der Waals surface area contributed by atoms with Gasteiger partial charge in [0, 0.05) is 0 Å². The van der Waals surface area contributed by atoms with Crippen LogP contribution in [0.2, 0.25) is 0 Å². The summed E-state index contributed by atoms with van der Waals surface area (Å²) in [7, 11) is 0. The van der Waals surface area contributed by atoms with Crippen LogP contribution in [0.25, 0.3) is 0 Å². The van der Waals surface area contributed by atoms with Gasteiger partial charge in [0.15, 0.2) is 0 Å². The number of nitrogens with zero attached hydrogens (tertiary/aromatic N) is 1. The van der Waals surface area contributed by atoms with Crippen LogP contribution in [0.4, 0.5) is 0 Å². The molecule has 0 saturated carbocycles. The molecule has 0 aliphatic heterocycles. The number of hydrogen-bond donors (Lipinski definition) is 1. The molecule has 0 rings (SSSR count). The van der Waals surface area contributed by atoms with Crippen molar-refractivity contribution in [3.63, 3.8) is 0 Å². The van der Waals surface area contributed by atoms with Gasteiger partial charge in [-0.05, 0) is 6.42 Å². The van der Waals surface area contributed by atoms with Crippen LogP contribution in [-0.2, 0) is 0 Å². The third-order valence-corrected chi connectivity index (χ3v) is 0.865. The fourth-order valence-corrected chi connectivity index (χ4v) is 0.360. The van der Waals surface area contributed by atoms with Gasteiger partial charge in [0.1, 0.15) is 0 Å². The largest absolute Gasteiger partial charge is 0.197 e. The zero-order valence-electron chi connectivity index (χ0n) is 3.96. The van der Waals surface area contributed by atoms with E-state index in [1.807, 2.05) is 6.07 Å². The molecule has 0 aliphatic rings. The normalized spacial score (nSPS) is 12.0. The molecule has 0 radical (unpaired) electrons. The molecule has 0 bridgehead atoms. The van der Waals surface area contributed by atoms with Gasteiger partial charge in [0.25, 0.3) is 0 Å². The van der Waals surface area contributed by atoms with Crippen molar-refractivity contribution in [1.29, 1.82) is 5.26 Å². The van der Waals surface area contributed by atoms with E-state index in [1.54, 1.807) is 6.08 Å². The molecule has 38 valence electrons. The second kappa shape index (κ2) is 3.76. The van der Waals surface area contributed by atoms with Crippen molar-refractivity contribution in [2.45, 2.75) is 11.7 Å². The molecule has 0 aromatic carbocycles. The number of rotatable bonds is 2. The van der Waals surface area contributed by atoms with E-state index in [1.165, 1.54) is 0 Å². The van der Waals surface area contributed by atoms with Crippen LogP contribution in [0.1, 0.15) is 6.42 Å². The summed E-state index contributed by atoms with van der Waals surface area (Å²) in [6, 6.07) is 1.96. The Morgan fingerprint density at radius 2 is 2.57 bits per heavy atom. The maximum absolute atomic E-state index is 8.09. The minimum atomic E-state index is -0.169. The van der Waals surface area contributed by atoms with Crippen molar-refractivity contribution in [1.82, 2.24) is 0 Å². The smallest absolute Gasteiger partial charge is 0.0921 e. The molecule has 7 heavy (non-hydrogen) atoms. The lowest BCUT2D eigenvalue weighted by molar-refractivity contribution is 1.09. The summed E-state index contributed by atoms with van der Waals surface area (Å²) >= 11 is 3.88. The molecule has 0 N–H and O–H groups in total. The monoisotopic (exact) mass is 113 g/mol. The minimum Gasteiger partial charge on any atom is -0.197 e. The van der Waals surface area contributed by atoms with Crippen LogP contribution >= 0.6 is 12.6 Å². The first-order valence-electron chi connectivity index (χ1n) is 2.00. The zero-order valence-corrected chi connectivity index (χ0v) is 4.86. The lowest BCUT2D eigenvalue weighted by atomic mass is 10.3. The maximum atomic E-state index is 8.09. The highest BCUT2D eigenvalue weighted by atomic mass is 32.1. The van der Waals surface area contributed by atoms with Crippen LogP contribution in [0.3, 0.4) is 0 Å². The van der Waals surface area contributed by atoms with Crippen molar-refractivity contribution < 1.29 is 0 Å². The molecule has 0 spiro atoms. The van der Waals surface area contributed by atoms with Crippen LogP contribution in [-0.4, -0.2) is 5.25 Å². The summed E-state index contributed by atoms with van der Waals surface area (Å²) in [4.78, 5) is 0. The Balaban J connectivity index is 3.21. The molecule has 0 aromatic rings. The van der Waals surface area contributed by atoms with Gasteiger partial charge < -0.3 is 0 Å². The summed E-state index contributed by atoms with van der Waals surface area (Å²) in [6.45, 7) is 3.45. The molecule has 0 aliphatic carbocycles. The number of nitriles is 1. The Hall–Kier alpha value is -0.420. The molecule has 2 heteroatoms. The first kappa shape index (κ1) is 6.58. The number of thiol groups is 1. The average molecular weight is 113 g/mol. The topological polar surface area (TPSA) is 23.8 Å². The second-order valence-corrected chi connectivity index (χ2v) is 1.79. The van der Waals surface area contributed by atoms with Crippen LogP contribution in [0.5, 0.6) is 0 Å². The molecule has 1 unspecified atom stereocenters. The quantitative estimate of drug-likeness (QED) is 0.424. The first-order valence-corrected chi connectivity index (χ1v) is 2.51. The Labute approximate surface area is 49.1 Å². The lowest BCUT2D eigenvalue weighted by Gasteiger charge is -1.88. The highest BCUT2D eigenvalue weighted by Gasteiger charge is 1.91. The van der Waals surface area contributed by atoms with Gasteiger partial charge in [-0.2, -0.15) is 17.9 Å². The van der Waals surface area contributed by atoms with Gasteiger partial charge in [-0.25, -0.2) is 0 Å². The minimum absolute atomic E-state index is 0.169. The third kappa shape index (κ3) is 3.41. The van der Waals surface area contributed by atoms with Gasteiger partial charge in [0.05, 0.1) is 11.3 Å². The van der Waals surface area contributed by atoms with Crippen molar-refractivity contribution in [2.75, 3.05) is 0 Å². The van der Waals surface area contributed by atoms with E-state index in [4.69, 9.17) is 5.26 Å². The van der Waals surface area contributed by atoms with E-state index in [-0.39, 0.29) is 5.25 Å². The van der Waals surface area contributed by atoms with E-state index in [0.717, 1.165) is 0 Å². The van der Waals surface area contributed by atoms with Gasteiger partial charge in [0.2, 0.25) is 0 Å². The Morgan fingerprint density at radius 3 is 2.71 bits per heavy atom. The summed E-state index contributed by atoms with van der Waals surface area (Å²) in [5, 5.41) is 7.92. The molecule has 1 nitrogen and oxygen atoms in total. The fourth-order valence-electron chi connectivity index (χ4n) is 0.211. The standard InChI is InChI=1S/C5H7NS/c1-2-3-5(7)4-6/h2,5,7H,1,3H2. The number of hydrogen-bond acceptors (Lipinski definition) is 2. The van der Waals surface area contributed by atoms with E-state index >= 15 is 0 Å².